The summed E-state index contributed by atoms with van der Waals surface area (Å²) in [6.07, 6.45) is 0.675. The van der Waals surface area contributed by atoms with Crippen LogP contribution in [0.4, 0.5) is 22.0 Å². The maximum absolute atomic E-state index is 17.8. The van der Waals surface area contributed by atoms with Crippen molar-refractivity contribution in [2.45, 2.75) is 102 Å². The first-order valence-corrected chi connectivity index (χ1v) is 15.4. The minimum atomic E-state index is -4.60. The predicted molar refractivity (Wildman–Crippen MR) is 129 cm³/mol. The molecule has 0 spiro atoms. The molecule has 0 radical (unpaired) electrons. The molecule has 0 aromatic heterocycles. The maximum Gasteiger partial charge on any atom is 0.316 e. The lowest BCUT2D eigenvalue weighted by atomic mass is 9.69. The van der Waals surface area contributed by atoms with Crippen LogP contribution in [0.25, 0.3) is 0 Å². The minimum Gasteiger partial charge on any atom is -0.240 e. The first kappa shape index (κ1) is 27.0. The van der Waals surface area contributed by atoms with Crippen LogP contribution in [0.3, 0.4) is 0 Å². The van der Waals surface area contributed by atoms with Gasteiger partial charge in [-0.3, -0.25) is 0 Å². The van der Waals surface area contributed by atoms with Crippen molar-refractivity contribution in [2.24, 2.45) is 23.7 Å². The largest absolute Gasteiger partial charge is 0.316 e. The van der Waals surface area contributed by atoms with E-state index in [0.29, 0.717) is 19.8 Å². The Morgan fingerprint density at radius 3 is 2.03 bits per heavy atom. The monoisotopic (exact) mass is 508 g/mol. The molecule has 0 nitrogen and oxygen atoms in total. The molecule has 2 fully saturated rings. The fourth-order valence-electron chi connectivity index (χ4n) is 6.59. The Labute approximate surface area is 201 Å². The third kappa shape index (κ3) is 3.71. The van der Waals surface area contributed by atoms with Crippen LogP contribution < -0.4 is 5.19 Å². The quantitative estimate of drug-likeness (QED) is 0.213. The summed E-state index contributed by atoms with van der Waals surface area (Å²) in [6, 6.07) is 8.07. The molecule has 1 aromatic rings. The van der Waals surface area contributed by atoms with Crippen LogP contribution >= 0.6 is 11.1 Å². The van der Waals surface area contributed by atoms with Gasteiger partial charge in [-0.05, 0) is 67.0 Å². The van der Waals surface area contributed by atoms with Gasteiger partial charge in [0.25, 0.3) is 0 Å². The Hall–Kier alpha value is -0.623. The van der Waals surface area contributed by atoms with Crippen molar-refractivity contribution >= 4 is 23.6 Å². The highest BCUT2D eigenvalue weighted by Gasteiger charge is 2.86. The molecule has 2 aliphatic carbocycles. The minimum absolute atomic E-state index is 0.0578. The summed E-state index contributed by atoms with van der Waals surface area (Å²) < 4.78 is 82.6. The molecule has 2 saturated carbocycles. The molecule has 7 heteroatoms. The van der Waals surface area contributed by atoms with Crippen LogP contribution in [-0.2, 0) is 0 Å². The van der Waals surface area contributed by atoms with Crippen molar-refractivity contribution in [3.8, 4) is 0 Å². The van der Waals surface area contributed by atoms with E-state index < -0.39 is 54.2 Å². The molecule has 0 N–H and O–H groups in total. The van der Waals surface area contributed by atoms with Crippen LogP contribution in [0.15, 0.2) is 30.3 Å². The van der Waals surface area contributed by atoms with E-state index in [1.54, 1.807) is 30.3 Å². The Kier molecular flexibility index (Phi) is 7.19. The van der Waals surface area contributed by atoms with Gasteiger partial charge < -0.3 is 0 Å². The summed E-state index contributed by atoms with van der Waals surface area (Å²) in [5.41, 5.74) is -6.79. The molecular weight excluding hydrogens is 471 g/mol. The van der Waals surface area contributed by atoms with Gasteiger partial charge in [0, 0.05) is 0 Å². The van der Waals surface area contributed by atoms with E-state index in [1.165, 1.54) is 13.8 Å². The van der Waals surface area contributed by atoms with Crippen molar-refractivity contribution < 1.29 is 22.0 Å². The molecule has 0 heterocycles. The van der Waals surface area contributed by atoms with E-state index in [4.69, 9.17) is 11.1 Å². The Morgan fingerprint density at radius 2 is 1.52 bits per heavy atom. The molecule has 0 amide bonds. The van der Waals surface area contributed by atoms with E-state index in [0.717, 1.165) is 6.42 Å². The zero-order valence-electron chi connectivity index (χ0n) is 20.6. The molecule has 1 aromatic carbocycles. The van der Waals surface area contributed by atoms with Gasteiger partial charge in [-0.25, -0.2) is 13.2 Å². The SMILES string of the molecule is CC1CCC(C(C)C)C([Si](Cl)(c2ccccc2)C2(F)C(F)(C(C)C)CCC(C)(F)C2(F)F)C1. The van der Waals surface area contributed by atoms with Gasteiger partial charge in [0.2, 0.25) is 12.7 Å². The van der Waals surface area contributed by atoms with Crippen molar-refractivity contribution in [1.29, 1.82) is 0 Å². The number of rotatable bonds is 5. The highest BCUT2D eigenvalue weighted by atomic mass is 35.6. The van der Waals surface area contributed by atoms with Gasteiger partial charge in [-0.2, -0.15) is 19.9 Å². The van der Waals surface area contributed by atoms with E-state index in [-0.39, 0.29) is 22.9 Å². The van der Waals surface area contributed by atoms with Crippen molar-refractivity contribution in [3.63, 3.8) is 0 Å². The molecule has 7 unspecified atom stereocenters. The van der Waals surface area contributed by atoms with Crippen molar-refractivity contribution in [1.82, 2.24) is 0 Å². The van der Waals surface area contributed by atoms with E-state index >= 15 is 22.0 Å². The van der Waals surface area contributed by atoms with Gasteiger partial charge in [0.05, 0.1) is 0 Å². The standard InChI is InChI=1S/C26H38ClF5Si/c1-17(2)21-13-12-19(5)16-22(21)33(27,20-10-8-7-9-11-20)26(32)24(29,18(3)4)15-14-23(6,28)25(26,30)31/h7-11,17-19,21-22H,12-16H2,1-6H3. The summed E-state index contributed by atoms with van der Waals surface area (Å²) in [5.74, 6) is -5.61. The molecule has 0 bridgehead atoms. The predicted octanol–water partition coefficient (Wildman–Crippen LogP) is 8.31. The number of hydrogen-bond donors (Lipinski definition) is 0. The van der Waals surface area contributed by atoms with E-state index in [2.05, 4.69) is 0 Å². The maximum atomic E-state index is 17.8. The zero-order valence-corrected chi connectivity index (χ0v) is 22.3. The van der Waals surface area contributed by atoms with Crippen LogP contribution in [-0.4, -0.2) is 29.9 Å². The zero-order chi connectivity index (χ0) is 25.0. The van der Waals surface area contributed by atoms with Crippen LogP contribution in [0.2, 0.25) is 5.54 Å². The smallest absolute Gasteiger partial charge is 0.240 e. The van der Waals surface area contributed by atoms with E-state index in [1.807, 2.05) is 20.8 Å². The van der Waals surface area contributed by atoms with E-state index in [9.17, 15) is 0 Å². The summed E-state index contributed by atoms with van der Waals surface area (Å²) in [5, 5.41) is -3.58. The second-order valence-electron chi connectivity index (χ2n) is 11.5. The van der Waals surface area contributed by atoms with Gasteiger partial charge in [-0.15, -0.1) is 0 Å². The lowest BCUT2D eigenvalue weighted by molar-refractivity contribution is -0.267. The fourth-order valence-corrected chi connectivity index (χ4v) is 14.2. The summed E-state index contributed by atoms with van der Waals surface area (Å²) >= 11 is 7.39. The second-order valence-corrected chi connectivity index (χ2v) is 16.7. The number of hydrogen-bond acceptors (Lipinski definition) is 0. The van der Waals surface area contributed by atoms with Crippen molar-refractivity contribution in [3.05, 3.63) is 30.3 Å². The van der Waals surface area contributed by atoms with Crippen LogP contribution in [0.1, 0.15) is 73.6 Å². The molecule has 3 rings (SSSR count). The third-order valence-electron chi connectivity index (χ3n) is 8.76. The molecular formula is C26H38ClF5Si. The molecule has 33 heavy (non-hydrogen) atoms. The highest BCUT2D eigenvalue weighted by Crippen LogP contribution is 2.67. The topological polar surface area (TPSA) is 0 Å². The Bertz CT molecular complexity index is 824. The molecule has 0 aliphatic heterocycles. The van der Waals surface area contributed by atoms with Crippen LogP contribution in [0.5, 0.6) is 0 Å². The summed E-state index contributed by atoms with van der Waals surface area (Å²) in [4.78, 5) is 0. The first-order valence-electron chi connectivity index (χ1n) is 12.3. The molecule has 2 aliphatic rings. The van der Waals surface area contributed by atoms with Gasteiger partial charge in [-0.1, -0.05) is 71.4 Å². The number of alkyl halides is 5. The summed E-state index contributed by atoms with van der Waals surface area (Å²) in [7, 11) is -4.60. The lowest BCUT2D eigenvalue weighted by Crippen LogP contribution is -2.84. The average molecular weight is 509 g/mol. The number of halogens is 6. The Balaban J connectivity index is 2.42. The normalized spacial score (nSPS) is 41.2. The molecule has 0 saturated heterocycles. The first-order chi connectivity index (χ1) is 15.1. The summed E-state index contributed by atoms with van der Waals surface area (Å²) in [6.45, 7) is 9.50. The molecule has 7 atom stereocenters. The fraction of sp³-hybridized carbons (Fsp3) is 0.769. The van der Waals surface area contributed by atoms with Crippen molar-refractivity contribution in [2.75, 3.05) is 0 Å². The number of benzene rings is 1. The van der Waals surface area contributed by atoms with Gasteiger partial charge in [0.1, 0.15) is 0 Å². The highest BCUT2D eigenvalue weighted by molar-refractivity contribution is 7.29. The molecule has 188 valence electrons. The van der Waals surface area contributed by atoms with Crippen LogP contribution in [0, 0.1) is 23.7 Å². The van der Waals surface area contributed by atoms with Gasteiger partial charge >= 0.3 is 5.92 Å². The van der Waals surface area contributed by atoms with Gasteiger partial charge in [0.15, 0.2) is 11.3 Å². The average Bonchev–Trinajstić information content (AvgIpc) is 2.75. The Morgan fingerprint density at radius 1 is 0.939 bits per heavy atom. The lowest BCUT2D eigenvalue weighted by Gasteiger charge is -2.61. The third-order valence-corrected chi connectivity index (χ3v) is 15.6. The second kappa shape index (κ2) is 8.79.